The van der Waals surface area contributed by atoms with E-state index >= 15 is 0 Å². The molecule has 6 heteroatoms. The number of hydrogen-bond acceptors (Lipinski definition) is 4. The van der Waals surface area contributed by atoms with Crippen molar-refractivity contribution in [2.45, 2.75) is 19.9 Å². The van der Waals surface area contributed by atoms with Crippen molar-refractivity contribution in [2.24, 2.45) is 0 Å². The second-order valence-corrected chi connectivity index (χ2v) is 6.08. The molecule has 0 amide bonds. The molecule has 5 nitrogen and oxygen atoms in total. The lowest BCUT2D eigenvalue weighted by molar-refractivity contribution is 0.843. The Kier molecular flexibility index (Phi) is 3.94. The molecule has 2 heterocycles. The third-order valence-electron chi connectivity index (χ3n) is 3.17. The number of halogens is 1. The minimum Gasteiger partial charge on any atom is -0.353 e. The zero-order valence-corrected chi connectivity index (χ0v) is 13.8. The van der Waals surface area contributed by atoms with Crippen molar-refractivity contribution in [3.05, 3.63) is 57.6 Å². The fourth-order valence-corrected chi connectivity index (χ4v) is 2.71. The van der Waals surface area contributed by atoms with Crippen LogP contribution in [-0.4, -0.2) is 20.6 Å². The van der Waals surface area contributed by atoms with Crippen LogP contribution in [0.5, 0.6) is 0 Å². The van der Waals surface area contributed by atoms with Gasteiger partial charge in [-0.05, 0) is 54.0 Å². The van der Waals surface area contributed by atoms with Crippen LogP contribution in [0.15, 0.2) is 52.0 Å². The van der Waals surface area contributed by atoms with Crippen molar-refractivity contribution in [3.8, 4) is 5.69 Å². The van der Waals surface area contributed by atoms with Gasteiger partial charge >= 0.3 is 0 Å². The molecule has 0 saturated heterocycles. The van der Waals surface area contributed by atoms with Gasteiger partial charge in [0.05, 0.1) is 22.8 Å². The van der Waals surface area contributed by atoms with Gasteiger partial charge in [-0.2, -0.15) is 0 Å². The molecule has 0 aliphatic rings. The van der Waals surface area contributed by atoms with E-state index in [2.05, 4.69) is 31.2 Å². The predicted molar refractivity (Wildman–Crippen MR) is 91.6 cm³/mol. The molecule has 2 aromatic heterocycles. The van der Waals surface area contributed by atoms with E-state index in [0.717, 1.165) is 4.47 Å². The normalized spacial score (nSPS) is 11.1. The van der Waals surface area contributed by atoms with E-state index in [1.165, 1.54) is 0 Å². The van der Waals surface area contributed by atoms with Crippen molar-refractivity contribution in [1.29, 1.82) is 0 Å². The van der Waals surface area contributed by atoms with E-state index < -0.39 is 0 Å². The lowest BCUT2D eigenvalue weighted by Crippen LogP contribution is -2.26. The summed E-state index contributed by atoms with van der Waals surface area (Å²) in [5.41, 5.74) is 1.21. The van der Waals surface area contributed by atoms with E-state index in [4.69, 9.17) is 0 Å². The quantitative estimate of drug-likeness (QED) is 0.779. The average Bonchev–Trinajstić information content (AvgIpc) is 2.49. The fraction of sp³-hybridized carbons (Fsp3) is 0.188. The molecule has 0 atom stereocenters. The molecule has 3 aromatic rings. The summed E-state index contributed by atoms with van der Waals surface area (Å²) < 4.78 is 2.36. The van der Waals surface area contributed by atoms with E-state index in [1.807, 2.05) is 32.0 Å². The molecule has 0 aliphatic carbocycles. The number of anilines is 1. The Balaban J connectivity index is 2.38. The first kappa shape index (κ1) is 14.7. The summed E-state index contributed by atoms with van der Waals surface area (Å²) in [6, 6.07) is 9.27. The summed E-state index contributed by atoms with van der Waals surface area (Å²) in [5.74, 6) is 0.507. The van der Waals surface area contributed by atoms with Crippen molar-refractivity contribution in [1.82, 2.24) is 14.5 Å². The molecule has 1 aromatic carbocycles. The Morgan fingerprint density at radius 3 is 2.73 bits per heavy atom. The standard InChI is InChI=1S/C16H15BrN4O/c1-10(2)19-16-20-14-12(6-3-7-13(14)17)15(22)21(16)11-5-4-8-18-9-11/h3-10H,1-2H3,(H,19,20). The Hall–Kier alpha value is -2.21. The molecular formula is C16H15BrN4O. The van der Waals surface area contributed by atoms with E-state index in [9.17, 15) is 4.79 Å². The third kappa shape index (κ3) is 2.62. The number of pyridine rings is 1. The van der Waals surface area contributed by atoms with Crippen molar-refractivity contribution >= 4 is 32.8 Å². The monoisotopic (exact) mass is 358 g/mol. The summed E-state index contributed by atoms with van der Waals surface area (Å²) in [5, 5.41) is 3.80. The highest BCUT2D eigenvalue weighted by molar-refractivity contribution is 9.10. The largest absolute Gasteiger partial charge is 0.353 e. The summed E-state index contributed by atoms with van der Waals surface area (Å²) in [4.78, 5) is 21.6. The molecular weight excluding hydrogens is 344 g/mol. The number of hydrogen-bond donors (Lipinski definition) is 1. The first-order chi connectivity index (χ1) is 10.6. The average molecular weight is 359 g/mol. The van der Waals surface area contributed by atoms with Crippen LogP contribution in [-0.2, 0) is 0 Å². The number of rotatable bonds is 3. The zero-order chi connectivity index (χ0) is 15.7. The lowest BCUT2D eigenvalue weighted by atomic mass is 10.2. The van der Waals surface area contributed by atoms with Crippen molar-refractivity contribution < 1.29 is 0 Å². The SMILES string of the molecule is CC(C)Nc1nc2c(Br)cccc2c(=O)n1-c1cccnc1. The van der Waals surface area contributed by atoms with Crippen LogP contribution in [0.25, 0.3) is 16.6 Å². The molecule has 22 heavy (non-hydrogen) atoms. The highest BCUT2D eigenvalue weighted by Crippen LogP contribution is 2.22. The molecule has 3 rings (SSSR count). The first-order valence-corrected chi connectivity index (χ1v) is 7.75. The number of nitrogens with zero attached hydrogens (tertiary/aromatic N) is 3. The van der Waals surface area contributed by atoms with Gasteiger partial charge in [-0.1, -0.05) is 6.07 Å². The summed E-state index contributed by atoms with van der Waals surface area (Å²) in [6.45, 7) is 4.01. The predicted octanol–water partition coefficient (Wildman–Crippen LogP) is 3.36. The Labute approximate surface area is 136 Å². The van der Waals surface area contributed by atoms with Crippen LogP contribution >= 0.6 is 15.9 Å². The molecule has 0 unspecified atom stereocenters. The summed E-state index contributed by atoms with van der Waals surface area (Å²) in [6.07, 6.45) is 3.33. The van der Waals surface area contributed by atoms with Crippen LogP contribution in [0.1, 0.15) is 13.8 Å². The molecule has 0 fully saturated rings. The second kappa shape index (κ2) is 5.88. The topological polar surface area (TPSA) is 59.8 Å². The number of aromatic nitrogens is 3. The van der Waals surface area contributed by atoms with Gasteiger partial charge in [0.15, 0.2) is 0 Å². The molecule has 0 bridgehead atoms. The van der Waals surface area contributed by atoms with Gasteiger partial charge in [0, 0.05) is 16.7 Å². The van der Waals surface area contributed by atoms with Gasteiger partial charge in [0.1, 0.15) is 0 Å². The Morgan fingerprint density at radius 2 is 2.05 bits per heavy atom. The fourth-order valence-electron chi connectivity index (χ4n) is 2.25. The number of nitrogens with one attached hydrogen (secondary N) is 1. The maximum Gasteiger partial charge on any atom is 0.267 e. The van der Waals surface area contributed by atoms with Crippen LogP contribution in [0, 0.1) is 0 Å². The summed E-state index contributed by atoms with van der Waals surface area (Å²) in [7, 11) is 0. The smallest absolute Gasteiger partial charge is 0.267 e. The van der Waals surface area contributed by atoms with Crippen LogP contribution in [0.3, 0.4) is 0 Å². The maximum atomic E-state index is 12.9. The molecule has 0 saturated carbocycles. The second-order valence-electron chi connectivity index (χ2n) is 5.22. The molecule has 0 aliphatic heterocycles. The highest BCUT2D eigenvalue weighted by Gasteiger charge is 2.14. The van der Waals surface area contributed by atoms with Crippen molar-refractivity contribution in [3.63, 3.8) is 0 Å². The molecule has 112 valence electrons. The Bertz CT molecular complexity index is 874. The first-order valence-electron chi connectivity index (χ1n) is 6.96. The van der Waals surface area contributed by atoms with Gasteiger partial charge in [-0.15, -0.1) is 0 Å². The number of fused-ring (bicyclic) bond motifs is 1. The van der Waals surface area contributed by atoms with Crippen LogP contribution in [0.2, 0.25) is 0 Å². The highest BCUT2D eigenvalue weighted by atomic mass is 79.9. The van der Waals surface area contributed by atoms with E-state index in [1.54, 1.807) is 29.1 Å². The Morgan fingerprint density at radius 1 is 1.23 bits per heavy atom. The molecule has 1 N–H and O–H groups in total. The molecule has 0 spiro atoms. The van der Waals surface area contributed by atoms with Crippen LogP contribution in [0.4, 0.5) is 5.95 Å². The van der Waals surface area contributed by atoms with Crippen molar-refractivity contribution in [2.75, 3.05) is 5.32 Å². The van der Waals surface area contributed by atoms with Gasteiger partial charge in [0.2, 0.25) is 5.95 Å². The van der Waals surface area contributed by atoms with Crippen LogP contribution < -0.4 is 10.9 Å². The lowest BCUT2D eigenvalue weighted by Gasteiger charge is -2.16. The minimum absolute atomic E-state index is 0.123. The van der Waals surface area contributed by atoms with E-state index in [-0.39, 0.29) is 11.6 Å². The number of para-hydroxylation sites is 1. The zero-order valence-electron chi connectivity index (χ0n) is 12.2. The van der Waals surface area contributed by atoms with E-state index in [0.29, 0.717) is 22.5 Å². The third-order valence-corrected chi connectivity index (χ3v) is 3.81. The molecule has 0 radical (unpaired) electrons. The number of benzene rings is 1. The summed E-state index contributed by atoms with van der Waals surface area (Å²) >= 11 is 3.46. The minimum atomic E-state index is -0.123. The van der Waals surface area contributed by atoms with Gasteiger partial charge in [-0.3, -0.25) is 9.78 Å². The van der Waals surface area contributed by atoms with Gasteiger partial charge in [0.25, 0.3) is 5.56 Å². The van der Waals surface area contributed by atoms with Gasteiger partial charge < -0.3 is 5.32 Å². The van der Waals surface area contributed by atoms with Gasteiger partial charge in [-0.25, -0.2) is 9.55 Å². The maximum absolute atomic E-state index is 12.9.